The van der Waals surface area contributed by atoms with Crippen molar-refractivity contribution in [1.82, 2.24) is 24.0 Å². The maximum absolute atomic E-state index is 14.1. The van der Waals surface area contributed by atoms with Gasteiger partial charge in [0.15, 0.2) is 0 Å². The molecule has 0 unspecified atom stereocenters. The molecule has 1 aromatic carbocycles. The zero-order chi connectivity index (χ0) is 27.8. The average molecular weight is 584 g/mol. The number of thiazole rings is 1. The van der Waals surface area contributed by atoms with Crippen LogP contribution in [0.15, 0.2) is 50.9 Å². The molecule has 6 rings (SSSR count). The number of pyridine rings is 1. The van der Waals surface area contributed by atoms with E-state index < -0.39 is 11.4 Å². The molecule has 0 bridgehead atoms. The van der Waals surface area contributed by atoms with Crippen LogP contribution in [-0.2, 0) is 11.3 Å². The van der Waals surface area contributed by atoms with Crippen LogP contribution >= 0.6 is 23.1 Å². The molecule has 40 heavy (non-hydrogen) atoms. The monoisotopic (exact) mass is 583 g/mol. The molecule has 4 aromatic rings. The minimum atomic E-state index is -0.607. The number of rotatable bonds is 6. The van der Waals surface area contributed by atoms with Crippen LogP contribution in [0, 0.1) is 5.82 Å². The minimum absolute atomic E-state index is 0.0763. The molecule has 3 aromatic heterocycles. The highest BCUT2D eigenvalue weighted by Gasteiger charge is 2.29. The first-order valence-corrected chi connectivity index (χ1v) is 15.7. The van der Waals surface area contributed by atoms with Gasteiger partial charge in [-0.05, 0) is 68.2 Å². The highest BCUT2D eigenvalue weighted by molar-refractivity contribution is 7.99. The van der Waals surface area contributed by atoms with Crippen molar-refractivity contribution in [3.8, 4) is 0 Å². The molecule has 2 aliphatic rings. The van der Waals surface area contributed by atoms with E-state index in [4.69, 9.17) is 0 Å². The lowest BCUT2D eigenvalue weighted by atomic mass is 9.90. The average Bonchev–Trinajstić information content (AvgIpc) is 3.28. The van der Waals surface area contributed by atoms with Crippen molar-refractivity contribution in [2.75, 3.05) is 11.5 Å². The molecular weight excluding hydrogens is 553 g/mol. The molecule has 0 spiro atoms. The first-order chi connectivity index (χ1) is 19.4. The number of halogens is 1. The molecule has 0 atom stereocenters. The van der Waals surface area contributed by atoms with Gasteiger partial charge in [0.05, 0.1) is 21.8 Å². The maximum Gasteiger partial charge on any atom is 0.333 e. The maximum atomic E-state index is 14.1. The molecule has 210 valence electrons. The van der Waals surface area contributed by atoms with Crippen molar-refractivity contribution in [1.29, 1.82) is 0 Å². The largest absolute Gasteiger partial charge is 0.353 e. The zero-order valence-corrected chi connectivity index (χ0v) is 23.5. The Labute approximate surface area is 237 Å². The number of carbonyl (C=O) groups excluding carboxylic acids is 1. The molecule has 1 amide bonds. The van der Waals surface area contributed by atoms with E-state index in [0.29, 0.717) is 32.2 Å². The summed E-state index contributed by atoms with van der Waals surface area (Å²) >= 11 is 3.01. The zero-order valence-electron chi connectivity index (χ0n) is 21.9. The van der Waals surface area contributed by atoms with Gasteiger partial charge in [-0.2, -0.15) is 11.8 Å². The van der Waals surface area contributed by atoms with E-state index in [1.807, 2.05) is 36.0 Å². The first kappa shape index (κ1) is 26.9. The van der Waals surface area contributed by atoms with Crippen molar-refractivity contribution < 1.29 is 9.18 Å². The second kappa shape index (κ2) is 11.3. The third-order valence-electron chi connectivity index (χ3n) is 8.04. The van der Waals surface area contributed by atoms with Crippen LogP contribution in [0.4, 0.5) is 4.39 Å². The Bertz CT molecular complexity index is 1750. The van der Waals surface area contributed by atoms with Gasteiger partial charge in [0.1, 0.15) is 11.5 Å². The standard InChI is InChI=1S/C28H30FN5O4S2/c29-17-15-21-25(30-16-17)33(20-10-13-39-14-11-20)27(37)34(26(21)36)19-7-5-18(6-8-19)31-24(35)9-12-32-22-3-1-2-4-23(22)40-28(32)38/h1-4,15-16,18-20H,5-14H2,(H,31,35). The summed E-state index contributed by atoms with van der Waals surface area (Å²) in [7, 11) is 0. The summed E-state index contributed by atoms with van der Waals surface area (Å²) in [4.78, 5) is 56.4. The van der Waals surface area contributed by atoms with Gasteiger partial charge in [0.2, 0.25) is 5.91 Å². The van der Waals surface area contributed by atoms with Crippen LogP contribution < -0.4 is 21.4 Å². The van der Waals surface area contributed by atoms with Gasteiger partial charge in [0.25, 0.3) is 5.56 Å². The molecular formula is C28H30FN5O4S2. The van der Waals surface area contributed by atoms with E-state index >= 15 is 0 Å². The number of fused-ring (bicyclic) bond motifs is 2. The number of benzene rings is 1. The van der Waals surface area contributed by atoms with Crippen LogP contribution in [-0.4, -0.2) is 42.1 Å². The van der Waals surface area contributed by atoms with Gasteiger partial charge >= 0.3 is 10.6 Å². The number of carbonyl (C=O) groups is 1. The van der Waals surface area contributed by atoms with Gasteiger partial charge in [-0.15, -0.1) is 0 Å². The molecule has 1 N–H and O–H groups in total. The molecule has 4 heterocycles. The summed E-state index contributed by atoms with van der Waals surface area (Å²) in [5, 5.41) is 3.20. The summed E-state index contributed by atoms with van der Waals surface area (Å²) in [6.45, 7) is 0.306. The third kappa shape index (κ3) is 5.14. The third-order valence-corrected chi connectivity index (χ3v) is 10.1. The molecule has 12 heteroatoms. The Morgan fingerprint density at radius 1 is 1.00 bits per heavy atom. The topological polar surface area (TPSA) is 108 Å². The van der Waals surface area contributed by atoms with E-state index in [1.54, 1.807) is 9.13 Å². The predicted molar refractivity (Wildman–Crippen MR) is 156 cm³/mol. The minimum Gasteiger partial charge on any atom is -0.353 e. The smallest absolute Gasteiger partial charge is 0.333 e. The number of amides is 1. The second-order valence-electron chi connectivity index (χ2n) is 10.5. The van der Waals surface area contributed by atoms with Crippen molar-refractivity contribution in [3.05, 3.63) is 72.9 Å². The molecule has 1 saturated heterocycles. The van der Waals surface area contributed by atoms with Crippen LogP contribution in [0.3, 0.4) is 0 Å². The summed E-state index contributed by atoms with van der Waals surface area (Å²) in [5.74, 6) is 1.10. The molecule has 1 aliphatic carbocycles. The number of aromatic nitrogens is 4. The fraction of sp³-hybridized carbons (Fsp3) is 0.464. The van der Waals surface area contributed by atoms with Crippen LogP contribution in [0.5, 0.6) is 0 Å². The number of nitrogens with one attached hydrogen (secondary N) is 1. The SMILES string of the molecule is O=C(CCn1c(=O)sc2ccccc21)NC1CCC(n2c(=O)c3cc(F)cnc3n(C3CCSCC3)c2=O)CC1. The molecule has 1 aliphatic heterocycles. The Hall–Kier alpha value is -3.25. The lowest BCUT2D eigenvalue weighted by Crippen LogP contribution is -2.46. The van der Waals surface area contributed by atoms with Crippen molar-refractivity contribution in [2.45, 2.75) is 69.6 Å². The first-order valence-electron chi connectivity index (χ1n) is 13.7. The van der Waals surface area contributed by atoms with Gasteiger partial charge in [-0.1, -0.05) is 23.5 Å². The van der Waals surface area contributed by atoms with Gasteiger partial charge in [0, 0.05) is 31.1 Å². The number of para-hydroxylation sites is 1. The van der Waals surface area contributed by atoms with E-state index in [1.165, 1.54) is 22.0 Å². The van der Waals surface area contributed by atoms with E-state index in [9.17, 15) is 23.6 Å². The molecule has 0 radical (unpaired) electrons. The number of thioether (sulfide) groups is 1. The van der Waals surface area contributed by atoms with Crippen LogP contribution in [0.25, 0.3) is 21.3 Å². The highest BCUT2D eigenvalue weighted by Crippen LogP contribution is 2.30. The lowest BCUT2D eigenvalue weighted by Gasteiger charge is -2.31. The van der Waals surface area contributed by atoms with Crippen LogP contribution in [0.1, 0.15) is 57.0 Å². The van der Waals surface area contributed by atoms with Crippen molar-refractivity contribution >= 4 is 50.3 Å². The number of hydrogen-bond donors (Lipinski definition) is 1. The fourth-order valence-corrected chi connectivity index (χ4v) is 8.02. The molecule has 1 saturated carbocycles. The summed E-state index contributed by atoms with van der Waals surface area (Å²) in [6, 6.07) is 8.23. The van der Waals surface area contributed by atoms with Crippen molar-refractivity contribution in [2.24, 2.45) is 0 Å². The highest BCUT2D eigenvalue weighted by atomic mass is 32.2. The summed E-state index contributed by atoms with van der Waals surface area (Å²) in [5.41, 5.74) is 0.200. The lowest BCUT2D eigenvalue weighted by molar-refractivity contribution is -0.122. The number of hydrogen-bond acceptors (Lipinski definition) is 7. The normalized spacial score (nSPS) is 20.2. The Morgan fingerprint density at radius 3 is 2.50 bits per heavy atom. The quantitative estimate of drug-likeness (QED) is 0.370. The van der Waals surface area contributed by atoms with Crippen molar-refractivity contribution in [3.63, 3.8) is 0 Å². The van der Waals surface area contributed by atoms with E-state index in [0.717, 1.165) is 40.8 Å². The number of nitrogens with zero attached hydrogens (tertiary/aromatic N) is 4. The van der Waals surface area contributed by atoms with E-state index in [-0.39, 0.29) is 52.0 Å². The van der Waals surface area contributed by atoms with Gasteiger partial charge in [-0.3, -0.25) is 28.1 Å². The Morgan fingerprint density at radius 2 is 1.73 bits per heavy atom. The molecule has 9 nitrogen and oxygen atoms in total. The fourth-order valence-electron chi connectivity index (χ4n) is 6.02. The Kier molecular flexibility index (Phi) is 7.63. The summed E-state index contributed by atoms with van der Waals surface area (Å²) < 4.78 is 19.6. The van der Waals surface area contributed by atoms with Gasteiger partial charge in [-0.25, -0.2) is 14.2 Å². The second-order valence-corrected chi connectivity index (χ2v) is 12.7. The number of aryl methyl sites for hydroxylation is 1. The van der Waals surface area contributed by atoms with E-state index in [2.05, 4.69) is 10.3 Å². The predicted octanol–water partition coefficient (Wildman–Crippen LogP) is 3.83. The van der Waals surface area contributed by atoms with Gasteiger partial charge < -0.3 is 5.32 Å². The molecule has 2 fully saturated rings. The summed E-state index contributed by atoms with van der Waals surface area (Å²) in [6.07, 6.45) is 5.16. The van der Waals surface area contributed by atoms with Crippen LogP contribution in [0.2, 0.25) is 0 Å². The Balaban J connectivity index is 1.16.